The molecule has 0 N–H and O–H groups in total. The van der Waals surface area contributed by atoms with Crippen LogP contribution in [0.15, 0.2) is 0 Å². The lowest BCUT2D eigenvalue weighted by molar-refractivity contribution is -0.139. The largest absolute Gasteiger partial charge is 0.378 e. The van der Waals surface area contributed by atoms with Crippen molar-refractivity contribution in [1.29, 1.82) is 0 Å². The van der Waals surface area contributed by atoms with Gasteiger partial charge in [-0.2, -0.15) is 0 Å². The number of hydrogen-bond donors (Lipinski definition) is 0. The smallest absolute Gasteiger partial charge is 0.245 e. The van der Waals surface area contributed by atoms with E-state index in [-0.39, 0.29) is 17.9 Å². The molecule has 3 saturated heterocycles. The Morgan fingerprint density at radius 3 is 2.84 bits per heavy atom. The maximum atomic E-state index is 12.5. The van der Waals surface area contributed by atoms with E-state index in [0.717, 1.165) is 51.8 Å². The summed E-state index contributed by atoms with van der Waals surface area (Å²) in [4.78, 5) is 28.1. The normalized spacial score (nSPS) is 31.8. The van der Waals surface area contributed by atoms with E-state index in [1.165, 1.54) is 0 Å². The SMILES string of the molecule is O=C1C2CCCN2C(=O)CCN1CCC1CCCO1. The van der Waals surface area contributed by atoms with E-state index in [4.69, 9.17) is 4.74 Å². The van der Waals surface area contributed by atoms with Gasteiger partial charge < -0.3 is 14.5 Å². The first kappa shape index (κ1) is 12.9. The first-order valence-electron chi connectivity index (χ1n) is 7.45. The second kappa shape index (κ2) is 5.49. The Kier molecular flexibility index (Phi) is 3.73. The molecule has 0 aromatic heterocycles. The minimum Gasteiger partial charge on any atom is -0.378 e. The Bertz CT molecular complexity index is 366. The zero-order valence-electron chi connectivity index (χ0n) is 11.3. The summed E-state index contributed by atoms with van der Waals surface area (Å²) in [5.74, 6) is 0.303. The maximum absolute atomic E-state index is 12.5. The molecule has 0 bridgehead atoms. The third-order valence-corrected chi connectivity index (χ3v) is 4.51. The van der Waals surface area contributed by atoms with E-state index >= 15 is 0 Å². The molecule has 3 fully saturated rings. The lowest BCUT2D eigenvalue weighted by Gasteiger charge is -2.26. The summed E-state index contributed by atoms with van der Waals surface area (Å²) >= 11 is 0. The van der Waals surface area contributed by atoms with Crippen LogP contribution >= 0.6 is 0 Å². The average molecular weight is 266 g/mol. The van der Waals surface area contributed by atoms with E-state index in [1.54, 1.807) is 4.90 Å². The van der Waals surface area contributed by atoms with Gasteiger partial charge in [0.15, 0.2) is 0 Å². The van der Waals surface area contributed by atoms with Crippen molar-refractivity contribution in [2.75, 3.05) is 26.2 Å². The molecule has 5 heteroatoms. The highest BCUT2D eigenvalue weighted by molar-refractivity contribution is 5.90. The first-order chi connectivity index (χ1) is 9.25. The van der Waals surface area contributed by atoms with Crippen molar-refractivity contribution >= 4 is 11.8 Å². The minimum atomic E-state index is -0.181. The molecule has 3 rings (SSSR count). The molecule has 2 amide bonds. The molecule has 19 heavy (non-hydrogen) atoms. The Balaban J connectivity index is 1.61. The van der Waals surface area contributed by atoms with Crippen molar-refractivity contribution in [1.82, 2.24) is 9.80 Å². The fourth-order valence-corrected chi connectivity index (χ4v) is 3.41. The van der Waals surface area contributed by atoms with Gasteiger partial charge in [0.25, 0.3) is 0 Å². The second-order valence-electron chi connectivity index (χ2n) is 5.74. The first-order valence-corrected chi connectivity index (χ1v) is 7.45. The molecule has 106 valence electrons. The van der Waals surface area contributed by atoms with Crippen LogP contribution in [0.25, 0.3) is 0 Å². The van der Waals surface area contributed by atoms with Gasteiger partial charge in [0.05, 0.1) is 6.10 Å². The van der Waals surface area contributed by atoms with Crippen molar-refractivity contribution in [3.63, 3.8) is 0 Å². The molecule has 0 aliphatic carbocycles. The van der Waals surface area contributed by atoms with Gasteiger partial charge in [-0.05, 0) is 32.1 Å². The molecule has 0 aromatic rings. The van der Waals surface area contributed by atoms with E-state index in [1.807, 2.05) is 4.90 Å². The molecule has 0 radical (unpaired) electrons. The Hall–Kier alpha value is -1.10. The number of ether oxygens (including phenoxy) is 1. The molecule has 2 unspecified atom stereocenters. The zero-order chi connectivity index (χ0) is 13.2. The molecular weight excluding hydrogens is 244 g/mol. The predicted molar refractivity (Wildman–Crippen MR) is 69.5 cm³/mol. The number of rotatable bonds is 3. The molecule has 3 heterocycles. The van der Waals surface area contributed by atoms with Crippen molar-refractivity contribution in [3.8, 4) is 0 Å². The highest BCUT2D eigenvalue weighted by Gasteiger charge is 2.39. The quantitative estimate of drug-likeness (QED) is 0.758. The summed E-state index contributed by atoms with van der Waals surface area (Å²) in [6.45, 7) is 2.93. The van der Waals surface area contributed by atoms with Crippen molar-refractivity contribution in [2.45, 2.75) is 50.7 Å². The zero-order valence-corrected chi connectivity index (χ0v) is 11.3. The number of carbonyl (C=O) groups is 2. The standard InChI is InChI=1S/C14H22N2O3/c17-13-6-9-15(8-5-11-3-2-10-19-11)14(18)12-4-1-7-16(12)13/h11-12H,1-10H2. The number of nitrogens with zero attached hydrogens (tertiary/aromatic N) is 2. The fourth-order valence-electron chi connectivity index (χ4n) is 3.41. The minimum absolute atomic E-state index is 0.149. The molecule has 2 atom stereocenters. The topological polar surface area (TPSA) is 49.9 Å². The summed E-state index contributed by atoms with van der Waals surface area (Å²) in [6.07, 6.45) is 5.74. The number of carbonyl (C=O) groups excluding carboxylic acids is 2. The molecule has 3 aliphatic heterocycles. The second-order valence-corrected chi connectivity index (χ2v) is 5.74. The molecule has 3 aliphatic rings. The van der Waals surface area contributed by atoms with Gasteiger partial charge in [0.1, 0.15) is 6.04 Å². The van der Waals surface area contributed by atoms with E-state index < -0.39 is 0 Å². The van der Waals surface area contributed by atoms with E-state index in [2.05, 4.69) is 0 Å². The Morgan fingerprint density at radius 2 is 2.05 bits per heavy atom. The van der Waals surface area contributed by atoms with Crippen molar-refractivity contribution in [3.05, 3.63) is 0 Å². The summed E-state index contributed by atoms with van der Waals surface area (Å²) in [7, 11) is 0. The number of fused-ring (bicyclic) bond motifs is 1. The molecule has 0 aromatic carbocycles. The van der Waals surface area contributed by atoms with Gasteiger partial charge in [-0.25, -0.2) is 0 Å². The predicted octanol–water partition coefficient (Wildman–Crippen LogP) is 0.779. The number of amides is 2. The molecule has 0 spiro atoms. The van der Waals surface area contributed by atoms with Crippen molar-refractivity contribution in [2.24, 2.45) is 0 Å². The third kappa shape index (κ3) is 2.61. The number of hydrogen-bond acceptors (Lipinski definition) is 3. The van der Waals surface area contributed by atoms with Crippen LogP contribution in [0.3, 0.4) is 0 Å². The van der Waals surface area contributed by atoms with Crippen LogP contribution in [-0.2, 0) is 14.3 Å². The van der Waals surface area contributed by atoms with Crippen LogP contribution in [0.1, 0.15) is 38.5 Å². The summed E-state index contributed by atoms with van der Waals surface area (Å²) in [5.41, 5.74) is 0. The summed E-state index contributed by atoms with van der Waals surface area (Å²) < 4.78 is 5.60. The lowest BCUT2D eigenvalue weighted by Crippen LogP contribution is -2.44. The van der Waals surface area contributed by atoms with Gasteiger partial charge in [0.2, 0.25) is 11.8 Å². The van der Waals surface area contributed by atoms with Crippen LogP contribution in [0.5, 0.6) is 0 Å². The fraction of sp³-hybridized carbons (Fsp3) is 0.857. The molecule has 5 nitrogen and oxygen atoms in total. The van der Waals surface area contributed by atoms with Crippen LogP contribution in [0, 0.1) is 0 Å². The van der Waals surface area contributed by atoms with E-state index in [0.29, 0.717) is 19.1 Å². The van der Waals surface area contributed by atoms with Gasteiger partial charge in [-0.3, -0.25) is 9.59 Å². The summed E-state index contributed by atoms with van der Waals surface area (Å²) in [5, 5.41) is 0. The third-order valence-electron chi connectivity index (χ3n) is 4.51. The van der Waals surface area contributed by atoms with Gasteiger partial charge >= 0.3 is 0 Å². The monoisotopic (exact) mass is 266 g/mol. The van der Waals surface area contributed by atoms with Crippen LogP contribution in [0.2, 0.25) is 0 Å². The van der Waals surface area contributed by atoms with Crippen molar-refractivity contribution < 1.29 is 14.3 Å². The molecule has 0 saturated carbocycles. The summed E-state index contributed by atoms with van der Waals surface area (Å²) in [6, 6.07) is -0.181. The highest BCUT2D eigenvalue weighted by atomic mass is 16.5. The van der Waals surface area contributed by atoms with Crippen LogP contribution < -0.4 is 0 Å². The Morgan fingerprint density at radius 1 is 1.16 bits per heavy atom. The lowest BCUT2D eigenvalue weighted by atomic mass is 10.1. The van der Waals surface area contributed by atoms with Crippen LogP contribution in [-0.4, -0.2) is 60.0 Å². The average Bonchev–Trinajstić information content (AvgIpc) is 3.07. The van der Waals surface area contributed by atoms with Gasteiger partial charge in [-0.15, -0.1) is 0 Å². The Labute approximate surface area is 113 Å². The maximum Gasteiger partial charge on any atom is 0.245 e. The molecular formula is C14H22N2O3. The highest BCUT2D eigenvalue weighted by Crippen LogP contribution is 2.24. The van der Waals surface area contributed by atoms with Crippen LogP contribution in [0.4, 0.5) is 0 Å². The van der Waals surface area contributed by atoms with Gasteiger partial charge in [0, 0.05) is 32.7 Å². The van der Waals surface area contributed by atoms with Gasteiger partial charge in [-0.1, -0.05) is 0 Å². The van der Waals surface area contributed by atoms with E-state index in [9.17, 15) is 9.59 Å².